The fourth-order valence-corrected chi connectivity index (χ4v) is 2.41. The Morgan fingerprint density at radius 3 is 2.26 bits per heavy atom. The number of imide groups is 2. The van der Waals surface area contributed by atoms with Gasteiger partial charge in [0.1, 0.15) is 0 Å². The third-order valence-corrected chi connectivity index (χ3v) is 3.34. The molecule has 1 aliphatic rings. The van der Waals surface area contributed by atoms with Crippen molar-refractivity contribution >= 4 is 29.4 Å². The molecule has 1 fully saturated rings. The maximum absolute atomic E-state index is 12.2. The zero-order valence-corrected chi connectivity index (χ0v) is 10.7. The van der Waals surface area contributed by atoms with Crippen molar-refractivity contribution in [1.29, 1.82) is 0 Å². The molecule has 2 N–H and O–H groups in total. The third kappa shape index (κ3) is 2.02. The molecule has 0 aliphatic carbocycles. The van der Waals surface area contributed by atoms with Gasteiger partial charge in [-0.2, -0.15) is 0 Å². The van der Waals surface area contributed by atoms with Gasteiger partial charge in [-0.05, 0) is 18.1 Å². The number of rotatable bonds is 3. The van der Waals surface area contributed by atoms with Crippen LogP contribution >= 0.6 is 11.6 Å². The van der Waals surface area contributed by atoms with Crippen molar-refractivity contribution in [2.45, 2.75) is 11.8 Å². The Labute approximate surface area is 114 Å². The van der Waals surface area contributed by atoms with Gasteiger partial charge in [0.25, 0.3) is 0 Å². The molecule has 2 rings (SSSR count). The standard InChI is InChI=1S/C13H11ClN2O3/c1-2-7-13(8-5-3-4-6-9(8)14)10(17)15-12(19)16-11(13)18/h2-6H,1,7H2,(H2,15,16,17,18,19). The first-order valence-corrected chi connectivity index (χ1v) is 5.93. The average molecular weight is 279 g/mol. The number of carbonyl (C=O) groups is 3. The van der Waals surface area contributed by atoms with E-state index in [4.69, 9.17) is 11.6 Å². The van der Waals surface area contributed by atoms with E-state index in [0.717, 1.165) is 0 Å². The Bertz CT molecular complexity index is 563. The van der Waals surface area contributed by atoms with E-state index in [1.54, 1.807) is 24.3 Å². The maximum Gasteiger partial charge on any atom is 0.328 e. The molecule has 1 aliphatic heterocycles. The van der Waals surface area contributed by atoms with Gasteiger partial charge in [-0.3, -0.25) is 20.2 Å². The van der Waals surface area contributed by atoms with E-state index in [1.165, 1.54) is 6.08 Å². The van der Waals surface area contributed by atoms with Crippen LogP contribution in [0.1, 0.15) is 12.0 Å². The van der Waals surface area contributed by atoms with E-state index < -0.39 is 23.3 Å². The largest absolute Gasteiger partial charge is 0.328 e. The van der Waals surface area contributed by atoms with Gasteiger partial charge in [0.05, 0.1) is 0 Å². The lowest BCUT2D eigenvalue weighted by Gasteiger charge is -2.34. The molecule has 0 radical (unpaired) electrons. The highest BCUT2D eigenvalue weighted by atomic mass is 35.5. The summed E-state index contributed by atoms with van der Waals surface area (Å²) in [6, 6.07) is 5.70. The maximum atomic E-state index is 12.2. The van der Waals surface area contributed by atoms with Gasteiger partial charge in [0.2, 0.25) is 11.8 Å². The summed E-state index contributed by atoms with van der Waals surface area (Å²) in [6.45, 7) is 3.55. The molecule has 98 valence electrons. The van der Waals surface area contributed by atoms with Crippen molar-refractivity contribution in [1.82, 2.24) is 10.6 Å². The molecule has 4 amide bonds. The fraction of sp³-hybridized carbons (Fsp3) is 0.154. The predicted molar refractivity (Wildman–Crippen MR) is 69.6 cm³/mol. The number of barbiturate groups is 1. The highest BCUT2D eigenvalue weighted by Gasteiger charge is 2.51. The number of benzene rings is 1. The highest BCUT2D eigenvalue weighted by molar-refractivity contribution is 6.33. The molecule has 1 aromatic rings. The summed E-state index contributed by atoms with van der Waals surface area (Å²) < 4.78 is 0. The lowest BCUT2D eigenvalue weighted by atomic mass is 9.75. The van der Waals surface area contributed by atoms with Crippen LogP contribution in [0.15, 0.2) is 36.9 Å². The van der Waals surface area contributed by atoms with E-state index in [2.05, 4.69) is 17.2 Å². The molecule has 1 heterocycles. The summed E-state index contributed by atoms with van der Waals surface area (Å²) in [5, 5.41) is 4.47. The Kier molecular flexibility index (Phi) is 3.40. The van der Waals surface area contributed by atoms with Crippen molar-refractivity contribution in [3.8, 4) is 0 Å². The van der Waals surface area contributed by atoms with Gasteiger partial charge in [0, 0.05) is 5.02 Å². The van der Waals surface area contributed by atoms with Crippen LogP contribution in [0.25, 0.3) is 0 Å². The molecule has 0 atom stereocenters. The SMILES string of the molecule is C=CCC1(c2ccccc2Cl)C(=O)NC(=O)NC1=O. The molecule has 6 heteroatoms. The summed E-state index contributed by atoms with van der Waals surface area (Å²) in [5.74, 6) is -1.40. The molecule has 1 saturated heterocycles. The molecule has 1 aromatic carbocycles. The summed E-state index contributed by atoms with van der Waals surface area (Å²) in [4.78, 5) is 35.5. The summed E-state index contributed by atoms with van der Waals surface area (Å²) >= 11 is 6.07. The summed E-state index contributed by atoms with van der Waals surface area (Å²) in [5.41, 5.74) is -1.22. The van der Waals surface area contributed by atoms with E-state index in [-0.39, 0.29) is 11.4 Å². The number of hydrogen-bond donors (Lipinski definition) is 2. The fourth-order valence-electron chi connectivity index (χ4n) is 2.12. The van der Waals surface area contributed by atoms with E-state index in [0.29, 0.717) is 5.56 Å². The number of hydrogen-bond acceptors (Lipinski definition) is 3. The van der Waals surface area contributed by atoms with Gasteiger partial charge in [0.15, 0.2) is 5.41 Å². The van der Waals surface area contributed by atoms with Crippen molar-refractivity contribution < 1.29 is 14.4 Å². The highest BCUT2D eigenvalue weighted by Crippen LogP contribution is 2.35. The average Bonchev–Trinajstić information content (AvgIpc) is 2.35. The van der Waals surface area contributed by atoms with Gasteiger partial charge < -0.3 is 0 Å². The lowest BCUT2D eigenvalue weighted by Crippen LogP contribution is -2.64. The summed E-state index contributed by atoms with van der Waals surface area (Å²) in [7, 11) is 0. The van der Waals surface area contributed by atoms with Crippen LogP contribution in [-0.4, -0.2) is 17.8 Å². The lowest BCUT2D eigenvalue weighted by molar-refractivity contribution is -0.138. The molecule has 0 spiro atoms. The molecule has 19 heavy (non-hydrogen) atoms. The number of halogens is 1. The zero-order valence-electron chi connectivity index (χ0n) is 9.90. The van der Waals surface area contributed by atoms with E-state index in [9.17, 15) is 14.4 Å². The van der Waals surface area contributed by atoms with E-state index in [1.807, 2.05) is 0 Å². The van der Waals surface area contributed by atoms with Gasteiger partial charge in [-0.1, -0.05) is 35.9 Å². The molecule has 0 aromatic heterocycles. The Morgan fingerprint density at radius 1 is 1.16 bits per heavy atom. The normalized spacial score (nSPS) is 17.6. The zero-order chi connectivity index (χ0) is 14.0. The number of urea groups is 1. The second kappa shape index (κ2) is 4.85. The number of nitrogens with one attached hydrogen (secondary N) is 2. The molecular weight excluding hydrogens is 268 g/mol. The summed E-state index contributed by atoms with van der Waals surface area (Å²) in [6.07, 6.45) is 1.49. The van der Waals surface area contributed by atoms with Crippen LogP contribution in [0, 0.1) is 0 Å². The van der Waals surface area contributed by atoms with Crippen LogP contribution < -0.4 is 10.6 Å². The first-order chi connectivity index (χ1) is 9.02. The minimum atomic E-state index is -1.56. The molecular formula is C13H11ClN2O3. The Morgan fingerprint density at radius 2 is 1.74 bits per heavy atom. The quantitative estimate of drug-likeness (QED) is 0.650. The second-order valence-electron chi connectivity index (χ2n) is 4.12. The van der Waals surface area contributed by atoms with Crippen LogP contribution in [-0.2, 0) is 15.0 Å². The molecule has 0 saturated carbocycles. The smallest absolute Gasteiger partial charge is 0.277 e. The minimum absolute atomic E-state index is 0.0433. The van der Waals surface area contributed by atoms with Crippen molar-refractivity contribution in [3.05, 3.63) is 47.5 Å². The van der Waals surface area contributed by atoms with Crippen molar-refractivity contribution in [2.24, 2.45) is 0 Å². The van der Waals surface area contributed by atoms with Crippen LogP contribution in [0.5, 0.6) is 0 Å². The molecule has 5 nitrogen and oxygen atoms in total. The monoisotopic (exact) mass is 278 g/mol. The topological polar surface area (TPSA) is 75.3 Å². The number of amides is 4. The molecule has 0 unspecified atom stereocenters. The first kappa shape index (κ1) is 13.3. The van der Waals surface area contributed by atoms with Gasteiger partial charge in [-0.25, -0.2) is 4.79 Å². The van der Waals surface area contributed by atoms with Crippen LogP contribution in [0.4, 0.5) is 4.79 Å². The Balaban J connectivity index is 2.64. The minimum Gasteiger partial charge on any atom is -0.277 e. The van der Waals surface area contributed by atoms with Gasteiger partial charge >= 0.3 is 6.03 Å². The Hall–Kier alpha value is -2.14. The molecule has 0 bridgehead atoms. The number of allylic oxidation sites excluding steroid dienone is 1. The third-order valence-electron chi connectivity index (χ3n) is 3.01. The van der Waals surface area contributed by atoms with Crippen LogP contribution in [0.3, 0.4) is 0 Å². The number of carbonyl (C=O) groups excluding carboxylic acids is 3. The first-order valence-electron chi connectivity index (χ1n) is 5.55. The van der Waals surface area contributed by atoms with Crippen LogP contribution in [0.2, 0.25) is 5.02 Å². The predicted octanol–water partition coefficient (Wildman–Crippen LogP) is 1.52. The van der Waals surface area contributed by atoms with Crippen molar-refractivity contribution in [2.75, 3.05) is 0 Å². The second-order valence-corrected chi connectivity index (χ2v) is 4.52. The van der Waals surface area contributed by atoms with Crippen molar-refractivity contribution in [3.63, 3.8) is 0 Å². The van der Waals surface area contributed by atoms with Gasteiger partial charge in [-0.15, -0.1) is 6.58 Å². The van der Waals surface area contributed by atoms with E-state index >= 15 is 0 Å².